The van der Waals surface area contributed by atoms with Gasteiger partial charge in [0.2, 0.25) is 0 Å². The highest BCUT2D eigenvalue weighted by atomic mass is 79.9. The van der Waals surface area contributed by atoms with Crippen LogP contribution in [-0.4, -0.2) is 18.6 Å². The van der Waals surface area contributed by atoms with Gasteiger partial charge in [-0.1, -0.05) is 12.2 Å². The predicted molar refractivity (Wildman–Crippen MR) is 76.0 cm³/mol. The minimum absolute atomic E-state index is 0.201. The van der Waals surface area contributed by atoms with Crippen LogP contribution in [0.15, 0.2) is 16.6 Å². The van der Waals surface area contributed by atoms with Gasteiger partial charge in [-0.15, -0.1) is 0 Å². The zero-order valence-electron chi connectivity index (χ0n) is 9.54. The van der Waals surface area contributed by atoms with E-state index in [1.807, 2.05) is 11.9 Å². The van der Waals surface area contributed by atoms with E-state index >= 15 is 0 Å². The smallest absolute Gasteiger partial charge is 0.161 e. The van der Waals surface area contributed by atoms with E-state index in [0.717, 1.165) is 6.54 Å². The lowest BCUT2D eigenvalue weighted by Gasteiger charge is -2.21. The van der Waals surface area contributed by atoms with Crippen LogP contribution in [0.4, 0.5) is 10.1 Å². The summed E-state index contributed by atoms with van der Waals surface area (Å²) in [5.41, 5.74) is 6.65. The van der Waals surface area contributed by atoms with E-state index in [-0.39, 0.29) is 10.8 Å². The Hall–Kier alpha value is -0.680. The molecule has 0 radical (unpaired) electrons. The van der Waals surface area contributed by atoms with Gasteiger partial charge in [-0.05, 0) is 46.8 Å². The van der Waals surface area contributed by atoms with E-state index in [1.54, 1.807) is 12.1 Å². The van der Waals surface area contributed by atoms with Crippen LogP contribution in [0.25, 0.3) is 0 Å². The minimum atomic E-state index is -0.293. The van der Waals surface area contributed by atoms with Crippen LogP contribution >= 0.6 is 28.1 Å². The molecule has 0 atom stereocenters. The molecule has 17 heavy (non-hydrogen) atoms. The molecule has 2 N–H and O–H groups in total. The van der Waals surface area contributed by atoms with E-state index in [9.17, 15) is 4.39 Å². The standard InChI is InChI=1S/C12H14BrFN2S/c1-16(6-7-2-3-7)9-5-4-8(12(15)17)10(13)11(9)14/h4-5,7H,2-3,6H2,1H3,(H2,15,17). The van der Waals surface area contributed by atoms with Gasteiger partial charge < -0.3 is 10.6 Å². The maximum Gasteiger partial charge on any atom is 0.161 e. The van der Waals surface area contributed by atoms with Gasteiger partial charge >= 0.3 is 0 Å². The van der Waals surface area contributed by atoms with Crippen LogP contribution in [-0.2, 0) is 0 Å². The van der Waals surface area contributed by atoms with Gasteiger partial charge in [-0.2, -0.15) is 0 Å². The van der Waals surface area contributed by atoms with E-state index in [4.69, 9.17) is 18.0 Å². The number of rotatable bonds is 4. The molecule has 1 aliphatic carbocycles. The maximum absolute atomic E-state index is 14.1. The molecular weight excluding hydrogens is 303 g/mol. The molecule has 1 aromatic rings. The van der Waals surface area contributed by atoms with Crippen LogP contribution in [0.5, 0.6) is 0 Å². The first kappa shape index (κ1) is 12.8. The lowest BCUT2D eigenvalue weighted by molar-refractivity contribution is 0.612. The number of anilines is 1. The van der Waals surface area contributed by atoms with Gasteiger partial charge in [0.25, 0.3) is 0 Å². The molecule has 5 heteroatoms. The van der Waals surface area contributed by atoms with Crippen LogP contribution in [0.2, 0.25) is 0 Å². The molecule has 1 fully saturated rings. The summed E-state index contributed by atoms with van der Waals surface area (Å²) in [5.74, 6) is 0.423. The van der Waals surface area contributed by atoms with Gasteiger partial charge in [0.15, 0.2) is 5.82 Å². The van der Waals surface area contributed by atoms with Crippen molar-refractivity contribution in [2.45, 2.75) is 12.8 Å². The number of hydrogen-bond acceptors (Lipinski definition) is 2. The van der Waals surface area contributed by atoms with E-state index < -0.39 is 0 Å². The molecule has 0 amide bonds. The zero-order chi connectivity index (χ0) is 12.6. The average molecular weight is 317 g/mol. The molecule has 0 spiro atoms. The summed E-state index contributed by atoms with van der Waals surface area (Å²) in [6.45, 7) is 0.899. The van der Waals surface area contributed by atoms with E-state index in [2.05, 4.69) is 15.9 Å². The van der Waals surface area contributed by atoms with Crippen molar-refractivity contribution in [1.29, 1.82) is 0 Å². The van der Waals surface area contributed by atoms with Gasteiger partial charge in [-0.3, -0.25) is 0 Å². The normalized spacial score (nSPS) is 14.8. The third-order valence-electron chi connectivity index (χ3n) is 2.97. The van der Waals surface area contributed by atoms with Crippen LogP contribution in [0, 0.1) is 11.7 Å². The molecule has 1 aromatic carbocycles. The topological polar surface area (TPSA) is 29.3 Å². The molecule has 0 aliphatic heterocycles. The third-order valence-corrected chi connectivity index (χ3v) is 3.96. The third kappa shape index (κ3) is 2.77. The first-order chi connectivity index (χ1) is 8.00. The number of hydrogen-bond donors (Lipinski definition) is 1. The Morgan fingerprint density at radius 2 is 2.24 bits per heavy atom. The van der Waals surface area contributed by atoms with Crippen LogP contribution in [0.1, 0.15) is 18.4 Å². The van der Waals surface area contributed by atoms with Crippen molar-refractivity contribution in [3.63, 3.8) is 0 Å². The van der Waals surface area contributed by atoms with Gasteiger partial charge in [0, 0.05) is 19.2 Å². The lowest BCUT2D eigenvalue weighted by atomic mass is 10.2. The Labute approximate surface area is 114 Å². The molecule has 0 aromatic heterocycles. The molecule has 2 rings (SSSR count). The van der Waals surface area contributed by atoms with Crippen molar-refractivity contribution >= 4 is 38.8 Å². The van der Waals surface area contributed by atoms with Crippen molar-refractivity contribution in [2.24, 2.45) is 11.7 Å². The molecule has 1 aliphatic rings. The van der Waals surface area contributed by atoms with Crippen LogP contribution < -0.4 is 10.6 Å². The zero-order valence-corrected chi connectivity index (χ0v) is 11.9. The highest BCUT2D eigenvalue weighted by Gasteiger charge is 2.24. The summed E-state index contributed by atoms with van der Waals surface area (Å²) in [6.07, 6.45) is 2.50. The van der Waals surface area contributed by atoms with Crippen molar-refractivity contribution in [1.82, 2.24) is 0 Å². The Morgan fingerprint density at radius 3 is 2.76 bits per heavy atom. The van der Waals surface area contributed by atoms with Gasteiger partial charge in [-0.25, -0.2) is 4.39 Å². The van der Waals surface area contributed by atoms with E-state index in [0.29, 0.717) is 21.6 Å². The maximum atomic E-state index is 14.1. The minimum Gasteiger partial charge on any atom is -0.389 e. The Kier molecular flexibility index (Phi) is 3.68. The number of nitrogens with zero attached hydrogens (tertiary/aromatic N) is 1. The lowest BCUT2D eigenvalue weighted by Crippen LogP contribution is -2.22. The fourth-order valence-electron chi connectivity index (χ4n) is 1.81. The fourth-order valence-corrected chi connectivity index (χ4v) is 2.66. The SMILES string of the molecule is CN(CC1CC1)c1ccc(C(N)=S)c(Br)c1F. The van der Waals surface area contributed by atoms with Crippen molar-refractivity contribution in [2.75, 3.05) is 18.5 Å². The summed E-state index contributed by atoms with van der Waals surface area (Å²) in [6, 6.07) is 3.49. The summed E-state index contributed by atoms with van der Waals surface area (Å²) in [4.78, 5) is 2.15. The fraction of sp³-hybridized carbons (Fsp3) is 0.417. The molecule has 0 bridgehead atoms. The van der Waals surface area contributed by atoms with E-state index in [1.165, 1.54) is 12.8 Å². The first-order valence-electron chi connectivity index (χ1n) is 5.49. The van der Waals surface area contributed by atoms with Crippen molar-refractivity contribution in [3.8, 4) is 0 Å². The summed E-state index contributed by atoms with van der Waals surface area (Å²) >= 11 is 8.08. The number of benzene rings is 1. The van der Waals surface area contributed by atoms with Gasteiger partial charge in [0.1, 0.15) is 4.99 Å². The summed E-state index contributed by atoms with van der Waals surface area (Å²) < 4.78 is 14.5. The molecule has 0 heterocycles. The molecular formula is C12H14BrFN2S. The second-order valence-electron chi connectivity index (χ2n) is 4.45. The number of thiocarbonyl (C=S) groups is 1. The summed E-state index contributed by atoms with van der Waals surface area (Å²) in [5, 5.41) is 0. The number of nitrogens with two attached hydrogens (primary N) is 1. The number of halogens is 2. The quantitative estimate of drug-likeness (QED) is 0.866. The summed E-state index contributed by atoms with van der Waals surface area (Å²) in [7, 11) is 1.91. The second kappa shape index (κ2) is 4.90. The van der Waals surface area contributed by atoms with Crippen molar-refractivity contribution in [3.05, 3.63) is 28.0 Å². The Bertz CT molecular complexity index is 460. The predicted octanol–water partition coefficient (Wildman–Crippen LogP) is 3.07. The first-order valence-corrected chi connectivity index (χ1v) is 6.69. The second-order valence-corrected chi connectivity index (χ2v) is 5.68. The average Bonchev–Trinajstić information content (AvgIpc) is 3.05. The molecule has 2 nitrogen and oxygen atoms in total. The monoisotopic (exact) mass is 316 g/mol. The highest BCUT2D eigenvalue weighted by molar-refractivity contribution is 9.10. The molecule has 0 unspecified atom stereocenters. The molecule has 92 valence electrons. The molecule has 1 saturated carbocycles. The molecule has 0 saturated heterocycles. The Morgan fingerprint density at radius 1 is 1.59 bits per heavy atom. The van der Waals surface area contributed by atoms with Crippen molar-refractivity contribution < 1.29 is 4.39 Å². The van der Waals surface area contributed by atoms with Gasteiger partial charge in [0.05, 0.1) is 10.2 Å². The van der Waals surface area contributed by atoms with Crippen LogP contribution in [0.3, 0.4) is 0 Å². The largest absolute Gasteiger partial charge is 0.389 e. The Balaban J connectivity index is 2.28. The highest BCUT2D eigenvalue weighted by Crippen LogP contribution is 2.33.